The first-order chi connectivity index (χ1) is 14.4. The second-order valence-corrected chi connectivity index (χ2v) is 8.95. The zero-order valence-corrected chi connectivity index (χ0v) is 18.6. The smallest absolute Gasteiger partial charge is 0.276 e. The molecule has 0 aliphatic heterocycles. The van der Waals surface area contributed by atoms with Gasteiger partial charge in [-0.1, -0.05) is 36.0 Å². The number of nitrogens with one attached hydrogen (secondary N) is 1. The average Bonchev–Trinajstić information content (AvgIpc) is 3.19. The van der Waals surface area contributed by atoms with Gasteiger partial charge in [0.2, 0.25) is 5.91 Å². The van der Waals surface area contributed by atoms with Crippen molar-refractivity contribution in [1.82, 2.24) is 9.55 Å². The van der Waals surface area contributed by atoms with Gasteiger partial charge in [-0.3, -0.25) is 14.2 Å². The van der Waals surface area contributed by atoms with Gasteiger partial charge >= 0.3 is 0 Å². The summed E-state index contributed by atoms with van der Waals surface area (Å²) in [7, 11) is 0. The number of aromatic nitrogens is 2. The second kappa shape index (κ2) is 8.45. The zero-order valence-electron chi connectivity index (χ0n) is 16.9. The van der Waals surface area contributed by atoms with Crippen molar-refractivity contribution >= 4 is 44.9 Å². The summed E-state index contributed by atoms with van der Waals surface area (Å²) >= 11 is 2.64. The number of thiophene rings is 1. The lowest BCUT2D eigenvalue weighted by Gasteiger charge is -2.14. The quantitative estimate of drug-likeness (QED) is 0.350. The lowest BCUT2D eigenvalue weighted by atomic mass is 10.1. The molecule has 0 saturated carbocycles. The molecule has 5 nitrogen and oxygen atoms in total. The number of carbonyl (C=O) groups excluding carboxylic acids is 1. The molecule has 2 aromatic heterocycles. The molecule has 4 aromatic rings. The first kappa shape index (κ1) is 20.4. The summed E-state index contributed by atoms with van der Waals surface area (Å²) in [4.78, 5) is 30.4. The minimum Gasteiger partial charge on any atom is -0.325 e. The highest BCUT2D eigenvalue weighted by atomic mass is 32.2. The van der Waals surface area contributed by atoms with E-state index in [9.17, 15) is 9.59 Å². The van der Waals surface area contributed by atoms with Gasteiger partial charge in [-0.2, -0.15) is 0 Å². The SMILES string of the molecule is Cc1ccc(-n2c(SCC(=O)Nc3ccccc3C)nc3ccsc3c2=O)cc1C. The van der Waals surface area contributed by atoms with E-state index in [1.165, 1.54) is 23.1 Å². The average molecular weight is 436 g/mol. The fourth-order valence-electron chi connectivity index (χ4n) is 3.11. The number of aryl methyl sites for hydroxylation is 3. The molecule has 0 spiro atoms. The molecule has 0 fully saturated rings. The lowest BCUT2D eigenvalue weighted by molar-refractivity contribution is -0.113. The van der Waals surface area contributed by atoms with Crippen molar-refractivity contribution in [2.24, 2.45) is 0 Å². The van der Waals surface area contributed by atoms with Crippen LogP contribution in [-0.2, 0) is 4.79 Å². The number of anilines is 1. The van der Waals surface area contributed by atoms with Crippen molar-refractivity contribution in [2.75, 3.05) is 11.1 Å². The summed E-state index contributed by atoms with van der Waals surface area (Å²) < 4.78 is 2.22. The predicted octanol–water partition coefficient (Wildman–Crippen LogP) is 5.10. The van der Waals surface area contributed by atoms with E-state index in [-0.39, 0.29) is 17.2 Å². The van der Waals surface area contributed by atoms with Gasteiger partial charge in [-0.05, 0) is 67.1 Å². The first-order valence-electron chi connectivity index (χ1n) is 9.50. The lowest BCUT2D eigenvalue weighted by Crippen LogP contribution is -2.22. The molecule has 1 amide bonds. The number of fused-ring (bicyclic) bond motifs is 1. The van der Waals surface area contributed by atoms with Gasteiger partial charge in [0.25, 0.3) is 5.56 Å². The van der Waals surface area contributed by atoms with Crippen molar-refractivity contribution in [2.45, 2.75) is 25.9 Å². The number of amides is 1. The van der Waals surface area contributed by atoms with Crippen LogP contribution in [0.3, 0.4) is 0 Å². The maximum atomic E-state index is 13.2. The summed E-state index contributed by atoms with van der Waals surface area (Å²) in [5, 5.41) is 5.30. The maximum Gasteiger partial charge on any atom is 0.276 e. The molecule has 0 aliphatic rings. The summed E-state index contributed by atoms with van der Waals surface area (Å²) in [5.41, 5.74) is 5.35. The largest absolute Gasteiger partial charge is 0.325 e. The van der Waals surface area contributed by atoms with E-state index in [0.717, 1.165) is 28.1 Å². The Bertz CT molecular complexity index is 1310. The molecular weight excluding hydrogens is 414 g/mol. The standard InChI is InChI=1S/C23H21N3O2S2/c1-14-8-9-17(12-16(14)3)26-22(28)21-19(10-11-29-21)25-23(26)30-13-20(27)24-18-7-5-4-6-15(18)2/h4-12H,13H2,1-3H3,(H,24,27). The maximum absolute atomic E-state index is 13.2. The summed E-state index contributed by atoms with van der Waals surface area (Å²) in [5.74, 6) is 0.0157. The zero-order chi connectivity index (χ0) is 21.3. The van der Waals surface area contributed by atoms with Gasteiger partial charge in [-0.15, -0.1) is 11.3 Å². The number of hydrogen-bond donors (Lipinski definition) is 1. The monoisotopic (exact) mass is 435 g/mol. The Balaban J connectivity index is 1.67. The Morgan fingerprint density at radius 1 is 1.07 bits per heavy atom. The van der Waals surface area contributed by atoms with Gasteiger partial charge in [0.05, 0.1) is 17.0 Å². The van der Waals surface area contributed by atoms with Crippen LogP contribution in [0, 0.1) is 20.8 Å². The molecule has 2 aromatic carbocycles. The van der Waals surface area contributed by atoms with Crippen molar-refractivity contribution in [3.63, 3.8) is 0 Å². The van der Waals surface area contributed by atoms with E-state index in [0.29, 0.717) is 15.4 Å². The minimum absolute atomic E-state index is 0.111. The van der Waals surface area contributed by atoms with Crippen LogP contribution in [0.2, 0.25) is 0 Å². The van der Waals surface area contributed by atoms with Crippen LogP contribution < -0.4 is 10.9 Å². The van der Waals surface area contributed by atoms with Crippen LogP contribution in [0.5, 0.6) is 0 Å². The third-order valence-corrected chi connectivity index (χ3v) is 6.78. The Labute approximate surface area is 182 Å². The van der Waals surface area contributed by atoms with E-state index in [4.69, 9.17) is 0 Å². The van der Waals surface area contributed by atoms with E-state index in [1.807, 2.05) is 74.7 Å². The molecule has 0 radical (unpaired) electrons. The molecule has 0 aliphatic carbocycles. The Morgan fingerprint density at radius 3 is 2.63 bits per heavy atom. The van der Waals surface area contributed by atoms with Crippen molar-refractivity contribution in [1.29, 1.82) is 0 Å². The van der Waals surface area contributed by atoms with Crippen LogP contribution in [0.4, 0.5) is 5.69 Å². The third kappa shape index (κ3) is 4.04. The molecule has 4 rings (SSSR count). The molecule has 0 saturated heterocycles. The highest BCUT2D eigenvalue weighted by Crippen LogP contribution is 2.25. The summed E-state index contributed by atoms with van der Waals surface area (Å²) in [6.07, 6.45) is 0. The molecule has 7 heteroatoms. The molecule has 0 bridgehead atoms. The van der Waals surface area contributed by atoms with Gasteiger partial charge in [0.15, 0.2) is 5.16 Å². The van der Waals surface area contributed by atoms with Crippen molar-refractivity contribution < 1.29 is 4.79 Å². The number of hydrogen-bond acceptors (Lipinski definition) is 5. The predicted molar refractivity (Wildman–Crippen MR) is 125 cm³/mol. The van der Waals surface area contributed by atoms with Gasteiger partial charge < -0.3 is 5.32 Å². The van der Waals surface area contributed by atoms with E-state index < -0.39 is 0 Å². The fourth-order valence-corrected chi connectivity index (χ4v) is 4.68. The fraction of sp³-hybridized carbons (Fsp3) is 0.174. The van der Waals surface area contributed by atoms with E-state index >= 15 is 0 Å². The van der Waals surface area contributed by atoms with E-state index in [1.54, 1.807) is 4.57 Å². The number of carbonyl (C=O) groups is 1. The number of thioether (sulfide) groups is 1. The molecule has 152 valence electrons. The first-order valence-corrected chi connectivity index (χ1v) is 11.4. The molecule has 30 heavy (non-hydrogen) atoms. The Kier molecular flexibility index (Phi) is 5.74. The minimum atomic E-state index is -0.138. The number of rotatable bonds is 5. The number of benzene rings is 2. The van der Waals surface area contributed by atoms with Crippen LogP contribution in [0.15, 0.2) is 63.9 Å². The van der Waals surface area contributed by atoms with Crippen molar-refractivity contribution in [3.8, 4) is 5.69 Å². The van der Waals surface area contributed by atoms with E-state index in [2.05, 4.69) is 10.3 Å². The van der Waals surface area contributed by atoms with Crippen LogP contribution >= 0.6 is 23.1 Å². The van der Waals surface area contributed by atoms with Crippen LogP contribution in [0.25, 0.3) is 15.9 Å². The van der Waals surface area contributed by atoms with Gasteiger partial charge in [-0.25, -0.2) is 4.98 Å². The van der Waals surface area contributed by atoms with Gasteiger partial charge in [0, 0.05) is 5.69 Å². The number of para-hydroxylation sites is 1. The molecular formula is C23H21N3O2S2. The topological polar surface area (TPSA) is 64.0 Å². The molecule has 0 unspecified atom stereocenters. The van der Waals surface area contributed by atoms with Crippen molar-refractivity contribution in [3.05, 3.63) is 81.0 Å². The summed E-state index contributed by atoms with van der Waals surface area (Å²) in [6, 6.07) is 15.4. The second-order valence-electron chi connectivity index (χ2n) is 7.09. The van der Waals surface area contributed by atoms with Crippen LogP contribution in [0.1, 0.15) is 16.7 Å². The molecule has 0 atom stereocenters. The third-order valence-electron chi connectivity index (χ3n) is 4.95. The van der Waals surface area contributed by atoms with Crippen LogP contribution in [-0.4, -0.2) is 21.2 Å². The van der Waals surface area contributed by atoms with Gasteiger partial charge in [0.1, 0.15) is 4.70 Å². The summed E-state index contributed by atoms with van der Waals surface area (Å²) in [6.45, 7) is 6.00. The highest BCUT2D eigenvalue weighted by molar-refractivity contribution is 7.99. The highest BCUT2D eigenvalue weighted by Gasteiger charge is 2.16. The normalized spacial score (nSPS) is 11.0. The molecule has 2 heterocycles. The Hall–Kier alpha value is -2.90. The number of nitrogens with zero attached hydrogens (tertiary/aromatic N) is 2. The molecule has 1 N–H and O–H groups in total. The Morgan fingerprint density at radius 2 is 1.87 bits per heavy atom.